The van der Waals surface area contributed by atoms with Gasteiger partial charge in [0.25, 0.3) is 0 Å². The van der Waals surface area contributed by atoms with Crippen molar-refractivity contribution in [2.24, 2.45) is 4.99 Å². The van der Waals surface area contributed by atoms with E-state index < -0.39 is 0 Å². The van der Waals surface area contributed by atoms with Crippen LogP contribution >= 0.6 is 12.2 Å². The molecule has 0 heterocycles. The Hall–Kier alpha value is -1.50. The molecule has 0 amide bonds. The summed E-state index contributed by atoms with van der Waals surface area (Å²) in [5, 5.41) is 2.47. The van der Waals surface area contributed by atoms with Gasteiger partial charge in [0.2, 0.25) is 0 Å². The highest BCUT2D eigenvalue weighted by Crippen LogP contribution is 2.40. The van der Waals surface area contributed by atoms with Gasteiger partial charge in [0.1, 0.15) is 0 Å². The molecule has 2 aliphatic rings. The molecule has 0 N–H and O–H groups in total. The fourth-order valence-electron chi connectivity index (χ4n) is 2.31. The average Bonchev–Trinajstić information content (AvgIpc) is 2.50. The van der Waals surface area contributed by atoms with Crippen molar-refractivity contribution in [1.82, 2.24) is 0 Å². The Balaban J connectivity index is 2.79. The van der Waals surface area contributed by atoms with E-state index in [0.29, 0.717) is 5.92 Å². The number of aryl methyl sites for hydroxylation is 2. The van der Waals surface area contributed by atoms with E-state index in [0.717, 1.165) is 5.69 Å². The number of thiocarbonyl (C=S) groups is 1. The molecule has 0 unspecified atom stereocenters. The topological polar surface area (TPSA) is 12.4 Å². The molecule has 0 aromatic carbocycles. The van der Waals surface area contributed by atoms with Gasteiger partial charge in [-0.1, -0.05) is 32.0 Å². The van der Waals surface area contributed by atoms with Crippen LogP contribution in [0.25, 0.3) is 11.1 Å². The summed E-state index contributed by atoms with van der Waals surface area (Å²) in [6.07, 6.45) is 0. The van der Waals surface area contributed by atoms with Crippen LogP contribution in [0, 0.1) is 13.8 Å². The lowest BCUT2D eigenvalue weighted by Crippen LogP contribution is -1.83. The van der Waals surface area contributed by atoms with Gasteiger partial charge in [0.05, 0.1) is 10.8 Å². The largest absolute Gasteiger partial charge is 0.194 e. The highest BCUT2D eigenvalue weighted by Gasteiger charge is 2.15. The predicted molar refractivity (Wildman–Crippen MR) is 81.3 cm³/mol. The molecule has 0 aromatic heterocycles. The second-order valence-electron chi connectivity index (χ2n) is 5.02. The Kier molecular flexibility index (Phi) is 3.60. The van der Waals surface area contributed by atoms with E-state index in [1.807, 2.05) is 0 Å². The lowest BCUT2D eigenvalue weighted by atomic mass is 10.0. The second kappa shape index (κ2) is 5.01. The maximum atomic E-state index is 4.73. The zero-order valence-corrected chi connectivity index (χ0v) is 12.1. The molecule has 0 radical (unpaired) electrons. The van der Waals surface area contributed by atoms with Gasteiger partial charge in [-0.2, -0.15) is 4.99 Å². The Morgan fingerprint density at radius 2 is 1.83 bits per heavy atom. The van der Waals surface area contributed by atoms with Crippen molar-refractivity contribution in [3.63, 3.8) is 0 Å². The third-order valence-electron chi connectivity index (χ3n) is 3.37. The van der Waals surface area contributed by atoms with Crippen molar-refractivity contribution in [3.05, 3.63) is 41.0 Å². The molecule has 0 fully saturated rings. The van der Waals surface area contributed by atoms with Gasteiger partial charge in [-0.25, -0.2) is 0 Å². The van der Waals surface area contributed by atoms with E-state index >= 15 is 0 Å². The van der Waals surface area contributed by atoms with Gasteiger partial charge >= 0.3 is 0 Å². The van der Waals surface area contributed by atoms with Crippen LogP contribution in [-0.4, -0.2) is 5.16 Å². The summed E-state index contributed by atoms with van der Waals surface area (Å²) < 4.78 is 0. The maximum absolute atomic E-state index is 4.73. The first kappa shape index (κ1) is 12.9. The normalized spacial score (nSPS) is 10.7. The number of isothiocyanates is 1. The van der Waals surface area contributed by atoms with Crippen LogP contribution in [0.5, 0.6) is 0 Å². The quantitative estimate of drug-likeness (QED) is 0.526. The minimum Gasteiger partial charge on any atom is -0.194 e. The van der Waals surface area contributed by atoms with E-state index in [4.69, 9.17) is 12.2 Å². The summed E-state index contributed by atoms with van der Waals surface area (Å²) >= 11 is 4.73. The number of fused-ring (bicyclic) bond motifs is 1. The number of hydrogen-bond donors (Lipinski definition) is 0. The number of rotatable bonds is 2. The summed E-state index contributed by atoms with van der Waals surface area (Å²) in [4.78, 5) is 4.18. The van der Waals surface area contributed by atoms with Crippen molar-refractivity contribution in [2.75, 3.05) is 0 Å². The molecular formula is C16H17NS. The zero-order chi connectivity index (χ0) is 13.3. The molecule has 2 aliphatic carbocycles. The van der Waals surface area contributed by atoms with Crippen molar-refractivity contribution in [1.29, 1.82) is 0 Å². The van der Waals surface area contributed by atoms with Crippen LogP contribution < -0.4 is 0 Å². The van der Waals surface area contributed by atoms with Crippen LogP contribution in [0.3, 0.4) is 0 Å². The van der Waals surface area contributed by atoms with E-state index in [1.54, 1.807) is 0 Å². The highest BCUT2D eigenvalue weighted by atomic mass is 32.1. The molecule has 0 aromatic rings. The standard InChI is InChI=1S/C16H17NS/c1-10(2)13-6-5-11(3)16-14(8-13)12(4)7-15(16)17-9-18/h5-8,10H,1-4H3. The Morgan fingerprint density at radius 1 is 1.11 bits per heavy atom. The van der Waals surface area contributed by atoms with Crippen molar-refractivity contribution in [2.45, 2.75) is 33.6 Å². The first-order valence-corrected chi connectivity index (χ1v) is 6.57. The molecule has 0 saturated heterocycles. The van der Waals surface area contributed by atoms with Gasteiger partial charge in [0, 0.05) is 5.56 Å². The number of aliphatic imine (C=N–C) groups is 1. The van der Waals surface area contributed by atoms with E-state index in [1.165, 1.54) is 27.8 Å². The smallest absolute Gasteiger partial charge is 0.0823 e. The Morgan fingerprint density at radius 3 is 2.44 bits per heavy atom. The minimum absolute atomic E-state index is 0.520. The van der Waals surface area contributed by atoms with Gasteiger partial charge in [0.15, 0.2) is 0 Å². The maximum Gasteiger partial charge on any atom is 0.0823 e. The van der Waals surface area contributed by atoms with Gasteiger partial charge in [-0.05, 0) is 60.3 Å². The van der Waals surface area contributed by atoms with Crippen molar-refractivity contribution in [3.8, 4) is 11.1 Å². The highest BCUT2D eigenvalue weighted by molar-refractivity contribution is 7.78. The molecule has 92 valence electrons. The molecule has 2 rings (SSSR count). The fraction of sp³-hybridized carbons (Fsp3) is 0.312. The summed E-state index contributed by atoms with van der Waals surface area (Å²) in [5.41, 5.74) is 7.21. The molecule has 2 heteroatoms. The summed E-state index contributed by atoms with van der Waals surface area (Å²) in [7, 11) is 0. The van der Waals surface area contributed by atoms with Crippen molar-refractivity contribution >= 4 is 23.1 Å². The van der Waals surface area contributed by atoms with Crippen LogP contribution in [-0.2, 0) is 0 Å². The molecular weight excluding hydrogens is 238 g/mol. The lowest BCUT2D eigenvalue weighted by Gasteiger charge is -2.03. The molecule has 0 spiro atoms. The second-order valence-corrected chi connectivity index (χ2v) is 5.20. The third kappa shape index (κ3) is 2.22. The summed E-state index contributed by atoms with van der Waals surface area (Å²) in [6.45, 7) is 8.66. The average molecular weight is 255 g/mol. The molecule has 0 saturated carbocycles. The van der Waals surface area contributed by atoms with Crippen LogP contribution in [0.2, 0.25) is 0 Å². The first-order chi connectivity index (χ1) is 8.54. The minimum atomic E-state index is 0.520. The lowest BCUT2D eigenvalue weighted by molar-refractivity contribution is 0.868. The van der Waals surface area contributed by atoms with E-state index in [9.17, 15) is 0 Å². The Labute approximate surface area is 114 Å². The van der Waals surface area contributed by atoms with E-state index in [-0.39, 0.29) is 0 Å². The molecule has 0 aliphatic heterocycles. The predicted octanol–water partition coefficient (Wildman–Crippen LogP) is 5.27. The third-order valence-corrected chi connectivity index (χ3v) is 3.46. The zero-order valence-electron chi connectivity index (χ0n) is 11.2. The van der Waals surface area contributed by atoms with Crippen LogP contribution in [0.4, 0.5) is 5.69 Å². The molecule has 0 bridgehead atoms. The number of hydrogen-bond acceptors (Lipinski definition) is 2. The van der Waals surface area contributed by atoms with Crippen molar-refractivity contribution < 1.29 is 0 Å². The SMILES string of the molecule is Cc1cc(N=C=S)c2c(C)ccc(C(C)C)cc1-2. The Bertz CT molecular complexity index is 607. The first-order valence-electron chi connectivity index (χ1n) is 6.16. The van der Waals surface area contributed by atoms with Gasteiger partial charge < -0.3 is 0 Å². The van der Waals surface area contributed by atoms with Crippen LogP contribution in [0.15, 0.2) is 29.3 Å². The van der Waals surface area contributed by atoms with Crippen LogP contribution in [0.1, 0.15) is 36.5 Å². The van der Waals surface area contributed by atoms with Gasteiger partial charge in [-0.3, -0.25) is 0 Å². The van der Waals surface area contributed by atoms with E-state index in [2.05, 4.69) is 62.1 Å². The monoisotopic (exact) mass is 255 g/mol. The fourth-order valence-corrected chi connectivity index (χ4v) is 2.40. The number of nitrogens with zero attached hydrogens (tertiary/aromatic N) is 1. The summed E-state index contributed by atoms with van der Waals surface area (Å²) in [5.74, 6) is 0.520. The van der Waals surface area contributed by atoms with Gasteiger partial charge in [-0.15, -0.1) is 0 Å². The molecule has 1 nitrogen and oxygen atoms in total. The molecule has 0 atom stereocenters. The summed E-state index contributed by atoms with van der Waals surface area (Å²) in [6, 6.07) is 8.72. The molecule has 18 heavy (non-hydrogen) atoms.